The molecule has 0 unspecified atom stereocenters. The normalized spacial score (nSPS) is 16.6. The first-order chi connectivity index (χ1) is 14.0. The van der Waals surface area contributed by atoms with E-state index in [1.165, 1.54) is 5.69 Å². The minimum Gasteiger partial charge on any atom is -0.357 e. The summed E-state index contributed by atoms with van der Waals surface area (Å²) >= 11 is 9.80. The molecule has 0 bridgehead atoms. The number of carbonyl (C=O) groups is 2. The number of rotatable bonds is 2. The molecule has 2 aromatic carbocycles. The molecule has 2 aliphatic heterocycles. The van der Waals surface area contributed by atoms with Gasteiger partial charge in [0.15, 0.2) is 0 Å². The lowest BCUT2D eigenvalue weighted by Crippen LogP contribution is -2.37. The molecule has 0 saturated carbocycles. The number of nitrogens with zero attached hydrogens (tertiary/aromatic N) is 2. The third-order valence-corrected chi connectivity index (χ3v) is 6.70. The predicted octanol–water partition coefficient (Wildman–Crippen LogP) is 4.91. The topological polar surface area (TPSA) is 56.4 Å². The highest BCUT2D eigenvalue weighted by molar-refractivity contribution is 9.10. The smallest absolute Gasteiger partial charge is 0.256 e. The minimum absolute atomic E-state index is 0.0451. The Morgan fingerprint density at radius 1 is 1.14 bits per heavy atom. The van der Waals surface area contributed by atoms with Gasteiger partial charge in [-0.15, -0.1) is 0 Å². The molecule has 29 heavy (non-hydrogen) atoms. The van der Waals surface area contributed by atoms with E-state index in [0.717, 1.165) is 33.8 Å². The third kappa shape index (κ3) is 3.15. The maximum Gasteiger partial charge on any atom is 0.256 e. The highest BCUT2D eigenvalue weighted by Gasteiger charge is 2.30. The first-order valence-electron chi connectivity index (χ1n) is 9.70. The number of aromatic nitrogens is 1. The molecule has 3 heterocycles. The van der Waals surface area contributed by atoms with Crippen molar-refractivity contribution in [3.63, 3.8) is 0 Å². The second kappa shape index (κ2) is 7.18. The summed E-state index contributed by atoms with van der Waals surface area (Å²) in [5.74, 6) is -0.0184. The van der Waals surface area contributed by atoms with Crippen LogP contribution in [0.1, 0.15) is 34.5 Å². The van der Waals surface area contributed by atoms with E-state index >= 15 is 0 Å². The molecule has 3 aromatic rings. The summed E-state index contributed by atoms with van der Waals surface area (Å²) in [6.07, 6.45) is 2.08. The van der Waals surface area contributed by atoms with Gasteiger partial charge in [0.25, 0.3) is 5.91 Å². The van der Waals surface area contributed by atoms with E-state index in [9.17, 15) is 9.59 Å². The number of anilines is 1. The van der Waals surface area contributed by atoms with Crippen molar-refractivity contribution in [3.8, 4) is 0 Å². The minimum atomic E-state index is -0.0636. The summed E-state index contributed by atoms with van der Waals surface area (Å²) in [5.41, 5.74) is 4.57. The lowest BCUT2D eigenvalue weighted by Gasteiger charge is -2.29. The lowest BCUT2D eigenvalue weighted by atomic mass is 10.0. The van der Waals surface area contributed by atoms with Crippen LogP contribution in [-0.2, 0) is 17.8 Å². The Kier molecular flexibility index (Phi) is 4.63. The average molecular weight is 473 g/mol. The molecule has 1 aromatic heterocycles. The van der Waals surface area contributed by atoms with E-state index < -0.39 is 0 Å². The molecule has 7 heteroatoms. The summed E-state index contributed by atoms with van der Waals surface area (Å²) in [4.78, 5) is 32.8. The van der Waals surface area contributed by atoms with Gasteiger partial charge in [-0.3, -0.25) is 9.59 Å². The molecule has 0 spiro atoms. The lowest BCUT2D eigenvalue weighted by molar-refractivity contribution is -0.117. The van der Waals surface area contributed by atoms with Gasteiger partial charge >= 0.3 is 0 Å². The van der Waals surface area contributed by atoms with Crippen molar-refractivity contribution in [2.75, 3.05) is 18.0 Å². The molecule has 5 rings (SSSR count). The molecular weight excluding hydrogens is 454 g/mol. The van der Waals surface area contributed by atoms with E-state index in [4.69, 9.17) is 11.6 Å². The molecule has 1 saturated heterocycles. The SMILES string of the molecule is O=C(c1ccc(Cl)cc1N1CCCC1=O)N1CCc2[nH]c3c(Br)cccc3c2C1. The number of halogens is 2. The fourth-order valence-corrected chi connectivity index (χ4v) is 4.99. The van der Waals surface area contributed by atoms with Gasteiger partial charge < -0.3 is 14.8 Å². The van der Waals surface area contributed by atoms with Crippen LogP contribution >= 0.6 is 27.5 Å². The molecule has 0 aliphatic carbocycles. The van der Waals surface area contributed by atoms with Crippen LogP contribution in [0.15, 0.2) is 40.9 Å². The molecule has 0 atom stereocenters. The van der Waals surface area contributed by atoms with Gasteiger partial charge in [-0.1, -0.05) is 23.7 Å². The molecule has 1 fully saturated rings. The van der Waals surface area contributed by atoms with Crippen LogP contribution in [-0.4, -0.2) is 34.8 Å². The third-order valence-electron chi connectivity index (χ3n) is 5.80. The Morgan fingerprint density at radius 3 is 2.79 bits per heavy atom. The largest absolute Gasteiger partial charge is 0.357 e. The fraction of sp³-hybridized carbons (Fsp3) is 0.273. The first-order valence-corrected chi connectivity index (χ1v) is 10.9. The molecule has 148 valence electrons. The fourth-order valence-electron chi connectivity index (χ4n) is 4.36. The zero-order valence-electron chi connectivity index (χ0n) is 15.7. The Morgan fingerprint density at radius 2 is 2.00 bits per heavy atom. The number of aromatic amines is 1. The van der Waals surface area contributed by atoms with Gasteiger partial charge in [-0.2, -0.15) is 0 Å². The van der Waals surface area contributed by atoms with Crippen LogP contribution in [0.3, 0.4) is 0 Å². The van der Waals surface area contributed by atoms with Gasteiger partial charge in [-0.25, -0.2) is 0 Å². The van der Waals surface area contributed by atoms with Crippen molar-refractivity contribution in [3.05, 3.63) is 62.7 Å². The Bertz CT molecular complexity index is 1160. The molecule has 5 nitrogen and oxygen atoms in total. The molecular formula is C22H19BrClN3O2. The number of para-hydroxylation sites is 1. The van der Waals surface area contributed by atoms with Crippen molar-refractivity contribution < 1.29 is 9.59 Å². The number of fused-ring (bicyclic) bond motifs is 3. The second-order valence-electron chi connectivity index (χ2n) is 7.53. The predicted molar refractivity (Wildman–Crippen MR) is 117 cm³/mol. The molecule has 2 amide bonds. The summed E-state index contributed by atoms with van der Waals surface area (Å²) < 4.78 is 1.02. The highest BCUT2D eigenvalue weighted by Crippen LogP contribution is 2.34. The van der Waals surface area contributed by atoms with Gasteiger partial charge in [-0.05, 0) is 46.6 Å². The van der Waals surface area contributed by atoms with Crippen LogP contribution in [0.5, 0.6) is 0 Å². The number of H-pyrrole nitrogens is 1. The highest BCUT2D eigenvalue weighted by atomic mass is 79.9. The van der Waals surface area contributed by atoms with Crippen molar-refractivity contribution in [2.45, 2.75) is 25.8 Å². The van der Waals surface area contributed by atoms with Crippen LogP contribution < -0.4 is 4.90 Å². The average Bonchev–Trinajstić information content (AvgIpc) is 3.31. The van der Waals surface area contributed by atoms with Crippen LogP contribution in [0, 0.1) is 0 Å². The van der Waals surface area contributed by atoms with Crippen LogP contribution in [0.4, 0.5) is 5.69 Å². The Hall–Kier alpha value is -2.31. The van der Waals surface area contributed by atoms with E-state index in [1.807, 2.05) is 17.0 Å². The zero-order valence-corrected chi connectivity index (χ0v) is 18.0. The van der Waals surface area contributed by atoms with E-state index in [2.05, 4.69) is 27.0 Å². The monoisotopic (exact) mass is 471 g/mol. The second-order valence-corrected chi connectivity index (χ2v) is 8.82. The Labute approximate surface area is 181 Å². The Balaban J connectivity index is 1.51. The van der Waals surface area contributed by atoms with Gasteiger partial charge in [0.05, 0.1) is 16.8 Å². The van der Waals surface area contributed by atoms with Crippen molar-refractivity contribution in [1.82, 2.24) is 9.88 Å². The number of hydrogen-bond donors (Lipinski definition) is 1. The molecule has 1 N–H and O–H groups in total. The number of nitrogens with one attached hydrogen (secondary N) is 1. The number of carbonyl (C=O) groups excluding carboxylic acids is 2. The summed E-state index contributed by atoms with van der Waals surface area (Å²) in [7, 11) is 0. The summed E-state index contributed by atoms with van der Waals surface area (Å²) in [6, 6.07) is 11.3. The number of benzene rings is 2. The van der Waals surface area contributed by atoms with Crippen molar-refractivity contribution in [2.24, 2.45) is 0 Å². The number of amides is 2. The van der Waals surface area contributed by atoms with E-state index in [-0.39, 0.29) is 11.8 Å². The van der Waals surface area contributed by atoms with Crippen LogP contribution in [0.25, 0.3) is 10.9 Å². The first kappa shape index (κ1) is 18.7. The standard InChI is InChI=1S/C22H19BrClN3O2/c23-17-4-1-3-14-16-12-26(10-8-18(16)25-21(14)17)22(29)15-7-6-13(24)11-19(15)27-9-2-5-20(27)28/h1,3-4,6-7,11,25H,2,5,8-10,12H2. The number of hydrogen-bond acceptors (Lipinski definition) is 2. The van der Waals surface area contributed by atoms with Crippen LogP contribution in [0.2, 0.25) is 5.02 Å². The zero-order chi connectivity index (χ0) is 20.1. The van der Waals surface area contributed by atoms with Crippen molar-refractivity contribution >= 4 is 55.9 Å². The molecule has 2 aliphatic rings. The van der Waals surface area contributed by atoms with Gasteiger partial charge in [0, 0.05) is 58.6 Å². The van der Waals surface area contributed by atoms with Crippen molar-refractivity contribution in [1.29, 1.82) is 0 Å². The molecule has 0 radical (unpaired) electrons. The van der Waals surface area contributed by atoms with Gasteiger partial charge in [0.1, 0.15) is 0 Å². The van der Waals surface area contributed by atoms with E-state index in [1.54, 1.807) is 23.1 Å². The quantitative estimate of drug-likeness (QED) is 0.576. The van der Waals surface area contributed by atoms with E-state index in [0.29, 0.717) is 42.3 Å². The maximum atomic E-state index is 13.5. The summed E-state index contributed by atoms with van der Waals surface area (Å²) in [5, 5.41) is 1.66. The summed E-state index contributed by atoms with van der Waals surface area (Å²) in [6.45, 7) is 1.80. The maximum absolute atomic E-state index is 13.5. The van der Waals surface area contributed by atoms with Gasteiger partial charge in [0.2, 0.25) is 5.91 Å².